The molecule has 0 aliphatic carbocycles. The molecule has 0 saturated carbocycles. The van der Waals surface area contributed by atoms with Gasteiger partial charge in [-0.25, -0.2) is 4.39 Å². The van der Waals surface area contributed by atoms with Crippen molar-refractivity contribution in [1.82, 2.24) is 0 Å². The molecule has 16 heavy (non-hydrogen) atoms. The highest BCUT2D eigenvalue weighted by molar-refractivity contribution is 9.10. The van der Waals surface area contributed by atoms with Gasteiger partial charge in [0, 0.05) is 12.6 Å². The monoisotopic (exact) mass is 287 g/mol. The van der Waals surface area contributed by atoms with Crippen molar-refractivity contribution < 1.29 is 9.13 Å². The van der Waals surface area contributed by atoms with Crippen LogP contribution in [0.4, 0.5) is 4.39 Å². The minimum atomic E-state index is -0.235. The Bertz CT molecular complexity index is 366. The average Bonchev–Trinajstić information content (AvgIpc) is 2.77. The molecule has 0 amide bonds. The number of rotatable bonds is 3. The first-order valence-corrected chi connectivity index (χ1v) is 6.23. The zero-order valence-electron chi connectivity index (χ0n) is 8.96. The van der Waals surface area contributed by atoms with Crippen LogP contribution in [0.1, 0.15) is 12.0 Å². The summed E-state index contributed by atoms with van der Waals surface area (Å²) in [5, 5.41) is 0. The van der Waals surface area contributed by atoms with Crippen LogP contribution in [0.5, 0.6) is 0 Å². The molecule has 1 aliphatic heterocycles. The first kappa shape index (κ1) is 12.0. The lowest BCUT2D eigenvalue weighted by Gasteiger charge is -2.17. The standard InChI is InChI=1S/C12H15BrFNO/c13-10-5-8(1-2-11(10)14)6-12(15)9-3-4-16-7-9/h1-2,5,9,12H,3-4,6-7,15H2. The maximum atomic E-state index is 13.0. The molecule has 2 nitrogen and oxygen atoms in total. The summed E-state index contributed by atoms with van der Waals surface area (Å²) < 4.78 is 18.8. The Balaban J connectivity index is 1.99. The molecule has 1 aromatic rings. The van der Waals surface area contributed by atoms with Gasteiger partial charge in [-0.15, -0.1) is 0 Å². The Kier molecular flexibility index (Phi) is 3.95. The topological polar surface area (TPSA) is 35.2 Å². The first-order chi connectivity index (χ1) is 7.66. The molecule has 0 radical (unpaired) electrons. The van der Waals surface area contributed by atoms with E-state index >= 15 is 0 Å². The fourth-order valence-electron chi connectivity index (χ4n) is 2.00. The van der Waals surface area contributed by atoms with Gasteiger partial charge in [0.25, 0.3) is 0 Å². The van der Waals surface area contributed by atoms with Gasteiger partial charge in [-0.05, 0) is 52.4 Å². The third kappa shape index (κ3) is 2.81. The van der Waals surface area contributed by atoms with Crippen LogP contribution in [0.15, 0.2) is 22.7 Å². The van der Waals surface area contributed by atoms with Gasteiger partial charge in [0.2, 0.25) is 0 Å². The highest BCUT2D eigenvalue weighted by Crippen LogP contribution is 2.21. The first-order valence-electron chi connectivity index (χ1n) is 5.44. The Morgan fingerprint density at radius 2 is 2.38 bits per heavy atom. The summed E-state index contributed by atoms with van der Waals surface area (Å²) in [6, 6.07) is 5.15. The van der Waals surface area contributed by atoms with Crippen molar-refractivity contribution in [3.8, 4) is 0 Å². The van der Waals surface area contributed by atoms with Crippen LogP contribution < -0.4 is 5.73 Å². The van der Waals surface area contributed by atoms with Gasteiger partial charge in [-0.1, -0.05) is 6.07 Å². The van der Waals surface area contributed by atoms with Crippen LogP contribution in [-0.4, -0.2) is 19.3 Å². The van der Waals surface area contributed by atoms with Crippen LogP contribution >= 0.6 is 15.9 Å². The van der Waals surface area contributed by atoms with Crippen molar-refractivity contribution in [3.05, 3.63) is 34.1 Å². The number of hydrogen-bond acceptors (Lipinski definition) is 2. The lowest BCUT2D eigenvalue weighted by molar-refractivity contribution is 0.180. The van der Waals surface area contributed by atoms with E-state index in [1.54, 1.807) is 12.1 Å². The summed E-state index contributed by atoms with van der Waals surface area (Å²) in [6.45, 7) is 1.56. The molecular weight excluding hydrogens is 273 g/mol. The Labute approximate surface area is 103 Å². The molecule has 0 bridgehead atoms. The summed E-state index contributed by atoms with van der Waals surface area (Å²) in [6.07, 6.45) is 1.80. The maximum Gasteiger partial charge on any atom is 0.137 e. The van der Waals surface area contributed by atoms with Crippen molar-refractivity contribution >= 4 is 15.9 Å². The van der Waals surface area contributed by atoms with Gasteiger partial charge in [0.05, 0.1) is 11.1 Å². The molecule has 0 aromatic heterocycles. The SMILES string of the molecule is NC(Cc1ccc(F)c(Br)c1)C1CCOC1. The molecular formula is C12H15BrFNO. The van der Waals surface area contributed by atoms with Gasteiger partial charge < -0.3 is 10.5 Å². The minimum Gasteiger partial charge on any atom is -0.381 e. The molecule has 1 aliphatic rings. The molecule has 2 atom stereocenters. The number of nitrogens with two attached hydrogens (primary N) is 1. The van der Waals surface area contributed by atoms with Crippen LogP contribution in [0, 0.1) is 11.7 Å². The zero-order valence-corrected chi connectivity index (χ0v) is 10.5. The molecule has 4 heteroatoms. The predicted molar refractivity (Wildman–Crippen MR) is 64.7 cm³/mol. The van der Waals surface area contributed by atoms with Crippen molar-refractivity contribution in [1.29, 1.82) is 0 Å². The second kappa shape index (κ2) is 5.25. The zero-order chi connectivity index (χ0) is 11.5. The molecule has 1 aromatic carbocycles. The Hall–Kier alpha value is -0.450. The van der Waals surface area contributed by atoms with Gasteiger partial charge in [0.15, 0.2) is 0 Å². The fourth-order valence-corrected chi connectivity index (χ4v) is 2.42. The summed E-state index contributed by atoms with van der Waals surface area (Å²) in [7, 11) is 0. The average molecular weight is 288 g/mol. The molecule has 1 fully saturated rings. The quantitative estimate of drug-likeness (QED) is 0.927. The number of benzene rings is 1. The highest BCUT2D eigenvalue weighted by Gasteiger charge is 2.22. The molecule has 1 heterocycles. The highest BCUT2D eigenvalue weighted by atomic mass is 79.9. The van der Waals surface area contributed by atoms with E-state index in [9.17, 15) is 4.39 Å². The van der Waals surface area contributed by atoms with Gasteiger partial charge >= 0.3 is 0 Å². The Morgan fingerprint density at radius 3 is 3.00 bits per heavy atom. The van der Waals surface area contributed by atoms with E-state index in [-0.39, 0.29) is 11.9 Å². The second-order valence-electron chi connectivity index (χ2n) is 4.24. The molecule has 0 spiro atoms. The smallest absolute Gasteiger partial charge is 0.137 e. The molecule has 88 valence electrons. The van der Waals surface area contributed by atoms with E-state index < -0.39 is 0 Å². The van der Waals surface area contributed by atoms with Crippen LogP contribution in [0.3, 0.4) is 0 Å². The summed E-state index contributed by atoms with van der Waals surface area (Å²) in [5.41, 5.74) is 7.17. The van der Waals surface area contributed by atoms with Gasteiger partial charge in [-0.2, -0.15) is 0 Å². The fraction of sp³-hybridized carbons (Fsp3) is 0.500. The molecule has 2 unspecified atom stereocenters. The van der Waals surface area contributed by atoms with E-state index in [4.69, 9.17) is 10.5 Å². The minimum absolute atomic E-state index is 0.0971. The summed E-state index contributed by atoms with van der Waals surface area (Å²) in [4.78, 5) is 0. The number of ether oxygens (including phenoxy) is 1. The molecule has 2 rings (SSSR count). The van der Waals surface area contributed by atoms with Crippen LogP contribution in [0.2, 0.25) is 0 Å². The van der Waals surface area contributed by atoms with Crippen molar-refractivity contribution in [3.63, 3.8) is 0 Å². The summed E-state index contributed by atoms with van der Waals surface area (Å²) in [5.74, 6) is 0.199. The van der Waals surface area contributed by atoms with Crippen molar-refractivity contribution in [2.24, 2.45) is 11.7 Å². The normalized spacial score (nSPS) is 22.3. The lowest BCUT2D eigenvalue weighted by Crippen LogP contribution is -2.32. The maximum absolute atomic E-state index is 13.0. The predicted octanol–water partition coefficient (Wildman–Crippen LogP) is 2.49. The summed E-state index contributed by atoms with van der Waals surface area (Å²) >= 11 is 3.18. The van der Waals surface area contributed by atoms with Crippen LogP contribution in [-0.2, 0) is 11.2 Å². The molecule has 2 N–H and O–H groups in total. The van der Waals surface area contributed by atoms with Gasteiger partial charge in [-0.3, -0.25) is 0 Å². The third-order valence-electron chi connectivity index (χ3n) is 3.03. The van der Waals surface area contributed by atoms with Crippen molar-refractivity contribution in [2.75, 3.05) is 13.2 Å². The van der Waals surface area contributed by atoms with E-state index in [2.05, 4.69) is 15.9 Å². The largest absolute Gasteiger partial charge is 0.381 e. The van der Waals surface area contributed by atoms with E-state index in [0.717, 1.165) is 31.6 Å². The third-order valence-corrected chi connectivity index (χ3v) is 3.63. The van der Waals surface area contributed by atoms with E-state index in [1.165, 1.54) is 6.07 Å². The van der Waals surface area contributed by atoms with Crippen LogP contribution in [0.25, 0.3) is 0 Å². The van der Waals surface area contributed by atoms with E-state index in [0.29, 0.717) is 10.4 Å². The van der Waals surface area contributed by atoms with Crippen molar-refractivity contribution in [2.45, 2.75) is 18.9 Å². The second-order valence-corrected chi connectivity index (χ2v) is 5.09. The molecule has 1 saturated heterocycles. The number of hydrogen-bond donors (Lipinski definition) is 1. The number of halogens is 2. The van der Waals surface area contributed by atoms with E-state index in [1.807, 2.05) is 0 Å². The lowest BCUT2D eigenvalue weighted by atomic mass is 9.94. The Morgan fingerprint density at radius 1 is 1.56 bits per heavy atom. The van der Waals surface area contributed by atoms with Gasteiger partial charge in [0.1, 0.15) is 5.82 Å².